The fraction of sp³-hybridized carbons (Fsp3) is 0.381. The molecule has 0 radical (unpaired) electrons. The van der Waals surface area contributed by atoms with Gasteiger partial charge in [0.2, 0.25) is 10.0 Å². The average Bonchev–Trinajstić information content (AvgIpc) is 2.68. The summed E-state index contributed by atoms with van der Waals surface area (Å²) in [6.07, 6.45) is 1.86. The topological polar surface area (TPSA) is 57.7 Å². The highest BCUT2D eigenvalue weighted by Crippen LogP contribution is 2.32. The molecule has 0 saturated carbocycles. The van der Waals surface area contributed by atoms with Crippen LogP contribution in [-0.4, -0.2) is 38.3 Å². The molecule has 1 amide bonds. The standard InChI is InChI=1S/C21H26N2O3S/c1-4-22(5-2)27(25,26)19-13-7-11-18(15-19)21(24)23-14-8-12-17-10-6-9-16(3)20(17)23/h6-7,9-11,13,15H,4-5,8,12,14H2,1-3H3. The van der Waals surface area contributed by atoms with Gasteiger partial charge in [0.25, 0.3) is 5.91 Å². The van der Waals surface area contributed by atoms with E-state index in [4.69, 9.17) is 0 Å². The quantitative estimate of drug-likeness (QED) is 0.789. The summed E-state index contributed by atoms with van der Waals surface area (Å²) in [5.74, 6) is -0.151. The molecule has 0 fully saturated rings. The maximum atomic E-state index is 13.2. The Hall–Kier alpha value is -2.18. The summed E-state index contributed by atoms with van der Waals surface area (Å²) in [7, 11) is -3.59. The number of nitrogens with zero attached hydrogens (tertiary/aromatic N) is 2. The van der Waals surface area contributed by atoms with E-state index in [1.54, 1.807) is 23.1 Å². The van der Waals surface area contributed by atoms with E-state index in [0.717, 1.165) is 24.1 Å². The fourth-order valence-corrected chi connectivity index (χ4v) is 5.21. The van der Waals surface area contributed by atoms with Crippen LogP contribution < -0.4 is 4.90 Å². The Morgan fingerprint density at radius 1 is 1.11 bits per heavy atom. The van der Waals surface area contributed by atoms with Crippen LogP contribution in [0.2, 0.25) is 0 Å². The normalized spacial score (nSPS) is 14.3. The number of carbonyl (C=O) groups is 1. The summed E-state index contributed by atoms with van der Waals surface area (Å²) in [6, 6.07) is 12.5. The zero-order valence-electron chi connectivity index (χ0n) is 16.1. The summed E-state index contributed by atoms with van der Waals surface area (Å²) < 4.78 is 27.0. The lowest BCUT2D eigenvalue weighted by molar-refractivity contribution is 0.0984. The van der Waals surface area contributed by atoms with Crippen LogP contribution in [0.4, 0.5) is 5.69 Å². The average molecular weight is 387 g/mol. The first kappa shape index (κ1) is 19.6. The van der Waals surface area contributed by atoms with Gasteiger partial charge in [0, 0.05) is 25.2 Å². The van der Waals surface area contributed by atoms with Crippen molar-refractivity contribution in [2.45, 2.75) is 38.5 Å². The molecule has 0 aromatic heterocycles. The molecule has 1 aliphatic heterocycles. The molecule has 0 N–H and O–H groups in total. The van der Waals surface area contributed by atoms with Crippen LogP contribution in [0.3, 0.4) is 0 Å². The first-order valence-electron chi connectivity index (χ1n) is 9.40. The van der Waals surface area contributed by atoms with E-state index in [0.29, 0.717) is 25.2 Å². The summed E-state index contributed by atoms with van der Waals surface area (Å²) in [5.41, 5.74) is 3.60. The molecular weight excluding hydrogens is 360 g/mol. The van der Waals surface area contributed by atoms with Gasteiger partial charge in [-0.1, -0.05) is 38.1 Å². The van der Waals surface area contributed by atoms with Crippen LogP contribution in [0.1, 0.15) is 41.8 Å². The number of aryl methyl sites for hydroxylation is 2. The molecule has 2 aromatic rings. The SMILES string of the molecule is CCN(CC)S(=O)(=O)c1cccc(C(=O)N2CCCc3cccc(C)c32)c1. The third kappa shape index (κ3) is 3.64. The number of benzene rings is 2. The Bertz CT molecular complexity index is 950. The molecule has 6 heteroatoms. The number of carbonyl (C=O) groups excluding carboxylic acids is 1. The summed E-state index contributed by atoms with van der Waals surface area (Å²) in [6.45, 7) is 7.06. The molecule has 3 rings (SSSR count). The van der Waals surface area contributed by atoms with Gasteiger partial charge in [-0.25, -0.2) is 8.42 Å². The minimum absolute atomic E-state index is 0.151. The molecule has 1 heterocycles. The number of hydrogen-bond donors (Lipinski definition) is 0. The Morgan fingerprint density at radius 2 is 1.81 bits per heavy atom. The Balaban J connectivity index is 1.99. The summed E-state index contributed by atoms with van der Waals surface area (Å²) in [4.78, 5) is 15.2. The second kappa shape index (κ2) is 7.82. The van der Waals surface area contributed by atoms with E-state index in [9.17, 15) is 13.2 Å². The van der Waals surface area contributed by atoms with Crippen molar-refractivity contribution in [2.75, 3.05) is 24.5 Å². The van der Waals surface area contributed by atoms with Crippen LogP contribution in [0.5, 0.6) is 0 Å². The largest absolute Gasteiger partial charge is 0.308 e. The van der Waals surface area contributed by atoms with Crippen molar-refractivity contribution in [1.82, 2.24) is 4.31 Å². The van der Waals surface area contributed by atoms with E-state index in [1.807, 2.05) is 32.9 Å². The molecule has 1 aliphatic rings. The zero-order chi connectivity index (χ0) is 19.6. The van der Waals surface area contributed by atoms with Gasteiger partial charge >= 0.3 is 0 Å². The van der Waals surface area contributed by atoms with Gasteiger partial charge in [-0.15, -0.1) is 0 Å². The highest BCUT2D eigenvalue weighted by molar-refractivity contribution is 7.89. The highest BCUT2D eigenvalue weighted by atomic mass is 32.2. The van der Waals surface area contributed by atoms with Crippen molar-refractivity contribution in [2.24, 2.45) is 0 Å². The van der Waals surface area contributed by atoms with E-state index < -0.39 is 10.0 Å². The van der Waals surface area contributed by atoms with Gasteiger partial charge < -0.3 is 4.90 Å². The number of sulfonamides is 1. The third-order valence-corrected chi connectivity index (χ3v) is 7.13. The lowest BCUT2D eigenvalue weighted by atomic mass is 9.97. The van der Waals surface area contributed by atoms with Gasteiger partial charge in [-0.3, -0.25) is 4.79 Å². The summed E-state index contributed by atoms with van der Waals surface area (Å²) in [5, 5.41) is 0. The van der Waals surface area contributed by atoms with Gasteiger partial charge in [-0.2, -0.15) is 4.31 Å². The predicted molar refractivity (Wildman–Crippen MR) is 108 cm³/mol. The molecule has 0 spiro atoms. The molecular formula is C21H26N2O3S. The minimum atomic E-state index is -3.59. The minimum Gasteiger partial charge on any atom is -0.308 e. The molecule has 0 aliphatic carbocycles. The Morgan fingerprint density at radius 3 is 2.52 bits per heavy atom. The molecule has 5 nitrogen and oxygen atoms in total. The molecule has 27 heavy (non-hydrogen) atoms. The van der Waals surface area contributed by atoms with E-state index in [1.165, 1.54) is 15.9 Å². The maximum Gasteiger partial charge on any atom is 0.258 e. The number of fused-ring (bicyclic) bond motifs is 1. The van der Waals surface area contributed by atoms with Crippen molar-refractivity contribution < 1.29 is 13.2 Å². The predicted octanol–water partition coefficient (Wildman–Crippen LogP) is 3.62. The van der Waals surface area contributed by atoms with Gasteiger partial charge in [0.1, 0.15) is 0 Å². The molecule has 144 valence electrons. The fourth-order valence-electron chi connectivity index (χ4n) is 3.71. The van der Waals surface area contributed by atoms with Gasteiger partial charge in [-0.05, 0) is 49.1 Å². The van der Waals surface area contributed by atoms with Gasteiger partial charge in [0.05, 0.1) is 10.6 Å². The second-order valence-corrected chi connectivity index (χ2v) is 8.70. The second-order valence-electron chi connectivity index (χ2n) is 6.76. The van der Waals surface area contributed by atoms with Crippen LogP contribution in [-0.2, 0) is 16.4 Å². The molecule has 0 saturated heterocycles. The number of hydrogen-bond acceptors (Lipinski definition) is 3. The molecule has 0 atom stereocenters. The van der Waals surface area contributed by atoms with E-state index in [2.05, 4.69) is 6.07 Å². The van der Waals surface area contributed by atoms with Crippen LogP contribution in [0.15, 0.2) is 47.4 Å². The maximum absolute atomic E-state index is 13.2. The van der Waals surface area contributed by atoms with Crippen molar-refractivity contribution in [3.63, 3.8) is 0 Å². The summed E-state index contributed by atoms with van der Waals surface area (Å²) >= 11 is 0. The van der Waals surface area contributed by atoms with Crippen LogP contribution in [0.25, 0.3) is 0 Å². The van der Waals surface area contributed by atoms with Crippen molar-refractivity contribution in [1.29, 1.82) is 0 Å². The number of amides is 1. The Kier molecular flexibility index (Phi) is 5.67. The highest BCUT2D eigenvalue weighted by Gasteiger charge is 2.27. The first-order valence-corrected chi connectivity index (χ1v) is 10.8. The number of rotatable bonds is 5. The molecule has 2 aromatic carbocycles. The van der Waals surface area contributed by atoms with Crippen LogP contribution in [0, 0.1) is 6.92 Å². The van der Waals surface area contributed by atoms with Gasteiger partial charge in [0.15, 0.2) is 0 Å². The molecule has 0 unspecified atom stereocenters. The van der Waals surface area contributed by atoms with Crippen molar-refractivity contribution >= 4 is 21.6 Å². The number of anilines is 1. The Labute approximate surface area is 161 Å². The molecule has 0 bridgehead atoms. The third-order valence-electron chi connectivity index (χ3n) is 5.09. The lowest BCUT2D eigenvalue weighted by Gasteiger charge is -2.31. The lowest BCUT2D eigenvalue weighted by Crippen LogP contribution is -2.36. The van der Waals surface area contributed by atoms with Crippen LogP contribution >= 0.6 is 0 Å². The number of para-hydroxylation sites is 1. The van der Waals surface area contributed by atoms with E-state index >= 15 is 0 Å². The van der Waals surface area contributed by atoms with Crippen molar-refractivity contribution in [3.8, 4) is 0 Å². The van der Waals surface area contributed by atoms with E-state index in [-0.39, 0.29) is 10.8 Å². The first-order chi connectivity index (χ1) is 12.9. The zero-order valence-corrected chi connectivity index (χ0v) is 16.9. The monoisotopic (exact) mass is 386 g/mol. The smallest absolute Gasteiger partial charge is 0.258 e. The van der Waals surface area contributed by atoms with Crippen molar-refractivity contribution in [3.05, 3.63) is 59.2 Å².